The monoisotopic (exact) mass is 417 g/mol. The first-order valence-electron chi connectivity index (χ1n) is 9.89. The van der Waals surface area contributed by atoms with E-state index in [1.165, 1.54) is 24.5 Å². The maximum Gasteiger partial charge on any atom is 0.175 e. The summed E-state index contributed by atoms with van der Waals surface area (Å²) in [6.07, 6.45) is 4.49. The number of halogens is 2. The van der Waals surface area contributed by atoms with Crippen LogP contribution in [0.4, 0.5) is 14.5 Å². The van der Waals surface area contributed by atoms with Crippen LogP contribution in [0.2, 0.25) is 0 Å². The van der Waals surface area contributed by atoms with Crippen LogP contribution in [0.1, 0.15) is 42.9 Å². The van der Waals surface area contributed by atoms with E-state index in [1.807, 2.05) is 24.3 Å². The zero-order valence-corrected chi connectivity index (χ0v) is 17.5. The van der Waals surface area contributed by atoms with Gasteiger partial charge in [-0.2, -0.15) is 4.99 Å². The molecule has 1 nitrogen and oxygen atoms in total. The fraction of sp³-hybridized carbons (Fsp3) is 0.192. The smallest absolute Gasteiger partial charge is 0.175 e. The van der Waals surface area contributed by atoms with E-state index in [1.54, 1.807) is 30.3 Å². The van der Waals surface area contributed by atoms with Gasteiger partial charge in [0, 0.05) is 11.1 Å². The van der Waals surface area contributed by atoms with Gasteiger partial charge in [0.05, 0.1) is 16.4 Å². The molecule has 0 aliphatic carbocycles. The Morgan fingerprint density at radius 3 is 2.23 bits per heavy atom. The summed E-state index contributed by atoms with van der Waals surface area (Å²) in [5.41, 5.74) is 3.45. The third-order valence-corrected chi connectivity index (χ3v) is 4.89. The van der Waals surface area contributed by atoms with Crippen molar-refractivity contribution in [3.63, 3.8) is 0 Å². The van der Waals surface area contributed by atoms with Gasteiger partial charge in [0.2, 0.25) is 0 Å². The molecule has 0 amide bonds. The molecular weight excluding hydrogens is 396 g/mol. The molecule has 0 aromatic heterocycles. The Morgan fingerprint density at radius 1 is 0.833 bits per heavy atom. The van der Waals surface area contributed by atoms with Crippen molar-refractivity contribution in [3.8, 4) is 23.0 Å². The van der Waals surface area contributed by atoms with Gasteiger partial charge in [-0.15, -0.1) is 0 Å². The molecule has 0 N–H and O–H groups in total. The van der Waals surface area contributed by atoms with E-state index in [2.05, 4.69) is 41.1 Å². The highest BCUT2D eigenvalue weighted by molar-refractivity contribution is 7.78. The Bertz CT molecular complexity index is 1120. The van der Waals surface area contributed by atoms with E-state index in [-0.39, 0.29) is 11.1 Å². The molecule has 3 aromatic carbocycles. The van der Waals surface area contributed by atoms with Gasteiger partial charge in [-0.1, -0.05) is 55.9 Å². The Labute approximate surface area is 181 Å². The molecule has 0 saturated carbocycles. The van der Waals surface area contributed by atoms with Gasteiger partial charge in [-0.05, 0) is 72.6 Å². The molecule has 0 radical (unpaired) electrons. The molecule has 0 aliphatic heterocycles. The minimum absolute atomic E-state index is 0.0217. The molecular formula is C26H21F2NS. The summed E-state index contributed by atoms with van der Waals surface area (Å²) in [7, 11) is 0. The summed E-state index contributed by atoms with van der Waals surface area (Å²) in [5.74, 6) is 3.73. The summed E-state index contributed by atoms with van der Waals surface area (Å²) < 4.78 is 29.3. The number of thiocarbonyl (C=S) groups is 1. The van der Waals surface area contributed by atoms with Crippen LogP contribution in [0.5, 0.6) is 0 Å². The number of unbranched alkanes of at least 4 members (excludes halogenated alkanes) is 2. The summed E-state index contributed by atoms with van der Waals surface area (Å²) in [4.78, 5) is 3.86. The summed E-state index contributed by atoms with van der Waals surface area (Å²) in [6, 6.07) is 17.7. The first kappa shape index (κ1) is 21.6. The average Bonchev–Trinajstić information content (AvgIpc) is 2.77. The number of aryl methyl sites for hydroxylation is 1. The van der Waals surface area contributed by atoms with Gasteiger partial charge in [0.25, 0.3) is 0 Å². The van der Waals surface area contributed by atoms with Crippen LogP contribution in [0.15, 0.2) is 65.7 Å². The van der Waals surface area contributed by atoms with E-state index in [9.17, 15) is 8.78 Å². The second-order valence-electron chi connectivity index (χ2n) is 6.94. The Hall–Kier alpha value is -3.12. The van der Waals surface area contributed by atoms with Crippen LogP contribution >= 0.6 is 12.2 Å². The van der Waals surface area contributed by atoms with Crippen LogP contribution in [-0.2, 0) is 6.42 Å². The molecule has 0 bridgehead atoms. The zero-order chi connectivity index (χ0) is 21.3. The van der Waals surface area contributed by atoms with Crippen molar-refractivity contribution in [1.29, 1.82) is 0 Å². The lowest BCUT2D eigenvalue weighted by molar-refractivity contribution is 0.509. The maximum atomic E-state index is 14.7. The molecule has 0 unspecified atom stereocenters. The maximum absolute atomic E-state index is 14.7. The van der Waals surface area contributed by atoms with E-state index >= 15 is 0 Å². The number of nitrogens with zero attached hydrogens (tertiary/aromatic N) is 1. The van der Waals surface area contributed by atoms with Crippen molar-refractivity contribution in [2.24, 2.45) is 4.99 Å². The fourth-order valence-corrected chi connectivity index (χ4v) is 3.22. The quantitative estimate of drug-likeness (QED) is 0.175. The molecule has 3 rings (SSSR count). The number of aliphatic imine (C=N–C) groups is 1. The highest BCUT2D eigenvalue weighted by Gasteiger charge is 2.13. The Morgan fingerprint density at radius 2 is 1.57 bits per heavy atom. The third-order valence-electron chi connectivity index (χ3n) is 4.80. The van der Waals surface area contributed by atoms with Gasteiger partial charge in [-0.25, -0.2) is 8.78 Å². The van der Waals surface area contributed by atoms with E-state index in [4.69, 9.17) is 0 Å². The molecule has 0 saturated heterocycles. The third kappa shape index (κ3) is 5.48. The van der Waals surface area contributed by atoms with Gasteiger partial charge >= 0.3 is 0 Å². The Kier molecular flexibility index (Phi) is 7.63. The number of benzene rings is 3. The molecule has 0 aliphatic rings. The molecule has 150 valence electrons. The molecule has 0 atom stereocenters. The second-order valence-corrected chi connectivity index (χ2v) is 7.13. The van der Waals surface area contributed by atoms with Crippen LogP contribution < -0.4 is 0 Å². The van der Waals surface area contributed by atoms with Crippen LogP contribution in [0.25, 0.3) is 11.1 Å². The number of hydrogen-bond donors (Lipinski definition) is 0. The van der Waals surface area contributed by atoms with Crippen LogP contribution in [0, 0.1) is 23.5 Å². The van der Waals surface area contributed by atoms with Crippen molar-refractivity contribution >= 4 is 23.1 Å². The Balaban J connectivity index is 1.80. The normalized spacial score (nSPS) is 10.1. The lowest BCUT2D eigenvalue weighted by Gasteiger charge is -2.07. The zero-order valence-electron chi connectivity index (χ0n) is 16.7. The molecule has 3 aromatic rings. The van der Waals surface area contributed by atoms with Crippen molar-refractivity contribution in [1.82, 2.24) is 0 Å². The average molecular weight is 418 g/mol. The standard InChI is InChI=1S/C26H21F2NS/c1-2-3-4-5-19-6-11-21(12-7-19)24-17-14-22(25(27)26(24)28)13-8-20-9-15-23(16-10-20)29-18-30/h6-7,9-12,14-17H,2-5H2,1H3. The highest BCUT2D eigenvalue weighted by atomic mass is 32.1. The molecule has 0 spiro atoms. The van der Waals surface area contributed by atoms with Crippen molar-refractivity contribution in [2.75, 3.05) is 0 Å². The number of isothiocyanates is 1. The summed E-state index contributed by atoms with van der Waals surface area (Å²) in [5, 5.41) is 2.29. The highest BCUT2D eigenvalue weighted by Crippen LogP contribution is 2.27. The molecule has 0 heterocycles. The lowest BCUT2D eigenvalue weighted by Crippen LogP contribution is -1.94. The minimum atomic E-state index is -0.936. The van der Waals surface area contributed by atoms with E-state index in [0.29, 0.717) is 16.8 Å². The lowest BCUT2D eigenvalue weighted by atomic mass is 9.99. The van der Waals surface area contributed by atoms with Gasteiger partial charge < -0.3 is 0 Å². The first-order valence-corrected chi connectivity index (χ1v) is 10.3. The SMILES string of the molecule is CCCCCc1ccc(-c2ccc(C#Cc3ccc(N=C=S)cc3)c(F)c2F)cc1. The predicted molar refractivity (Wildman–Crippen MR) is 122 cm³/mol. The van der Waals surface area contributed by atoms with Gasteiger partial charge in [0.1, 0.15) is 0 Å². The molecule has 4 heteroatoms. The summed E-state index contributed by atoms with van der Waals surface area (Å²) in [6.45, 7) is 2.17. The topological polar surface area (TPSA) is 12.4 Å². The molecule has 30 heavy (non-hydrogen) atoms. The summed E-state index contributed by atoms with van der Waals surface area (Å²) >= 11 is 4.56. The second kappa shape index (κ2) is 10.6. The predicted octanol–water partition coefficient (Wildman–Crippen LogP) is 7.50. The fourth-order valence-electron chi connectivity index (χ4n) is 3.11. The first-order chi connectivity index (χ1) is 14.6. The van der Waals surface area contributed by atoms with Crippen molar-refractivity contribution in [2.45, 2.75) is 32.6 Å². The number of rotatable bonds is 6. The van der Waals surface area contributed by atoms with E-state index in [0.717, 1.165) is 12.8 Å². The largest absolute Gasteiger partial charge is 0.203 e. The van der Waals surface area contributed by atoms with Crippen molar-refractivity contribution in [3.05, 3.63) is 89.0 Å². The van der Waals surface area contributed by atoms with Crippen LogP contribution in [-0.4, -0.2) is 5.16 Å². The minimum Gasteiger partial charge on any atom is -0.203 e. The van der Waals surface area contributed by atoms with Gasteiger partial charge in [-0.3, -0.25) is 0 Å². The molecule has 0 fully saturated rings. The van der Waals surface area contributed by atoms with Crippen LogP contribution in [0.3, 0.4) is 0 Å². The van der Waals surface area contributed by atoms with Gasteiger partial charge in [0.15, 0.2) is 11.6 Å². The van der Waals surface area contributed by atoms with E-state index < -0.39 is 11.6 Å². The number of hydrogen-bond acceptors (Lipinski definition) is 2. The van der Waals surface area contributed by atoms with Crippen molar-refractivity contribution < 1.29 is 8.78 Å².